The van der Waals surface area contributed by atoms with Crippen molar-refractivity contribution in [2.24, 2.45) is 0 Å². The summed E-state index contributed by atoms with van der Waals surface area (Å²) in [6.45, 7) is 2.43. The van der Waals surface area contributed by atoms with Gasteiger partial charge < -0.3 is 18.9 Å². The van der Waals surface area contributed by atoms with Gasteiger partial charge in [0.15, 0.2) is 12.0 Å². The van der Waals surface area contributed by atoms with Crippen molar-refractivity contribution >= 4 is 0 Å². The van der Waals surface area contributed by atoms with E-state index in [1.54, 1.807) is 0 Å². The summed E-state index contributed by atoms with van der Waals surface area (Å²) in [4.78, 5) is 0. The Morgan fingerprint density at radius 3 is 2.12 bits per heavy atom. The van der Waals surface area contributed by atoms with E-state index < -0.39 is 24.2 Å². The number of hydrogen-bond donors (Lipinski definition) is 0. The molecule has 2 aromatic carbocycles. The zero-order valence-corrected chi connectivity index (χ0v) is 15.1. The van der Waals surface area contributed by atoms with Crippen LogP contribution < -0.4 is 0 Å². The van der Waals surface area contributed by atoms with Gasteiger partial charge in [-0.3, -0.25) is 0 Å². The van der Waals surface area contributed by atoms with E-state index in [0.717, 1.165) is 11.1 Å². The monoisotopic (exact) mass is 360 g/mol. The number of hydrogen-bond acceptors (Lipinski definition) is 4. The van der Waals surface area contributed by atoms with Gasteiger partial charge in [0.05, 0.1) is 19.8 Å². The SMILES string of the molecule is CO[C@@H]1O[C@H](COCc2ccccc2)[C@@H](OCc2ccccc2)[C@@]1(C)F. The predicted octanol–water partition coefficient (Wildman–Crippen LogP) is 3.89. The fraction of sp³-hybridized carbons (Fsp3) is 0.429. The minimum Gasteiger partial charge on any atom is -0.374 e. The molecule has 0 N–H and O–H groups in total. The molecule has 1 fully saturated rings. The Morgan fingerprint density at radius 1 is 0.962 bits per heavy atom. The highest BCUT2D eigenvalue weighted by molar-refractivity contribution is 5.14. The van der Waals surface area contributed by atoms with Gasteiger partial charge in [0.25, 0.3) is 0 Å². The summed E-state index contributed by atoms with van der Waals surface area (Å²) in [5.41, 5.74) is 0.274. The van der Waals surface area contributed by atoms with Gasteiger partial charge in [-0.1, -0.05) is 60.7 Å². The number of rotatable bonds is 8. The van der Waals surface area contributed by atoms with Gasteiger partial charge in [-0.05, 0) is 18.1 Å². The zero-order valence-electron chi connectivity index (χ0n) is 15.1. The first-order valence-corrected chi connectivity index (χ1v) is 8.75. The lowest BCUT2D eigenvalue weighted by Crippen LogP contribution is -2.44. The van der Waals surface area contributed by atoms with Crippen LogP contribution in [0, 0.1) is 0 Å². The van der Waals surface area contributed by atoms with Gasteiger partial charge in [0, 0.05) is 7.11 Å². The molecule has 0 saturated carbocycles. The third-order valence-corrected chi connectivity index (χ3v) is 4.53. The first kappa shape index (κ1) is 19.0. The maximum absolute atomic E-state index is 15.2. The lowest BCUT2D eigenvalue weighted by atomic mass is 9.99. The van der Waals surface area contributed by atoms with Gasteiger partial charge in [-0.15, -0.1) is 0 Å². The molecule has 5 heteroatoms. The summed E-state index contributed by atoms with van der Waals surface area (Å²) in [5.74, 6) is 0. The third-order valence-electron chi connectivity index (χ3n) is 4.53. The van der Waals surface area contributed by atoms with Crippen LogP contribution in [-0.4, -0.2) is 37.9 Å². The second-order valence-electron chi connectivity index (χ2n) is 6.61. The Hall–Kier alpha value is -1.79. The quantitative estimate of drug-likeness (QED) is 0.716. The van der Waals surface area contributed by atoms with E-state index in [4.69, 9.17) is 18.9 Å². The lowest BCUT2D eigenvalue weighted by Gasteiger charge is -2.26. The Morgan fingerprint density at radius 2 is 1.54 bits per heavy atom. The number of benzene rings is 2. The van der Waals surface area contributed by atoms with Crippen LogP contribution in [0.25, 0.3) is 0 Å². The van der Waals surface area contributed by atoms with Gasteiger partial charge in [0.2, 0.25) is 0 Å². The van der Waals surface area contributed by atoms with Gasteiger partial charge in [-0.2, -0.15) is 0 Å². The second kappa shape index (κ2) is 8.73. The van der Waals surface area contributed by atoms with Crippen molar-refractivity contribution in [3.8, 4) is 0 Å². The van der Waals surface area contributed by atoms with Crippen LogP contribution in [0.15, 0.2) is 60.7 Å². The normalized spacial score (nSPS) is 28.3. The molecule has 1 heterocycles. The van der Waals surface area contributed by atoms with E-state index in [9.17, 15) is 0 Å². The number of ether oxygens (including phenoxy) is 4. The van der Waals surface area contributed by atoms with E-state index >= 15 is 4.39 Å². The van der Waals surface area contributed by atoms with Gasteiger partial charge in [0.1, 0.15) is 12.2 Å². The van der Waals surface area contributed by atoms with Crippen LogP contribution in [0.5, 0.6) is 0 Å². The molecule has 4 atom stereocenters. The molecule has 2 aromatic rings. The van der Waals surface area contributed by atoms with Crippen LogP contribution in [0.1, 0.15) is 18.1 Å². The fourth-order valence-corrected chi connectivity index (χ4v) is 3.17. The molecule has 3 rings (SSSR count). The van der Waals surface area contributed by atoms with Gasteiger partial charge >= 0.3 is 0 Å². The summed E-state index contributed by atoms with van der Waals surface area (Å²) in [5, 5.41) is 0. The molecule has 4 nitrogen and oxygen atoms in total. The molecular weight excluding hydrogens is 335 g/mol. The second-order valence-corrected chi connectivity index (χ2v) is 6.61. The van der Waals surface area contributed by atoms with Crippen molar-refractivity contribution in [1.29, 1.82) is 0 Å². The van der Waals surface area contributed by atoms with Crippen molar-refractivity contribution < 1.29 is 23.3 Å². The first-order valence-electron chi connectivity index (χ1n) is 8.75. The minimum atomic E-state index is -1.76. The number of methoxy groups -OCH3 is 1. The predicted molar refractivity (Wildman–Crippen MR) is 96.3 cm³/mol. The highest BCUT2D eigenvalue weighted by atomic mass is 19.1. The smallest absolute Gasteiger partial charge is 0.194 e. The highest BCUT2D eigenvalue weighted by Crippen LogP contribution is 2.37. The summed E-state index contributed by atoms with van der Waals surface area (Å²) in [6, 6.07) is 19.5. The van der Waals surface area contributed by atoms with E-state index in [-0.39, 0.29) is 6.61 Å². The zero-order chi connectivity index (χ0) is 18.4. The van der Waals surface area contributed by atoms with Crippen molar-refractivity contribution in [3.05, 3.63) is 71.8 Å². The number of alkyl halides is 1. The van der Waals surface area contributed by atoms with Crippen molar-refractivity contribution in [2.45, 2.75) is 44.3 Å². The minimum absolute atomic E-state index is 0.230. The van der Waals surface area contributed by atoms with Crippen LogP contribution >= 0.6 is 0 Å². The molecule has 0 bridgehead atoms. The lowest BCUT2D eigenvalue weighted by molar-refractivity contribution is -0.166. The fourth-order valence-electron chi connectivity index (χ4n) is 3.17. The van der Waals surface area contributed by atoms with E-state index in [1.165, 1.54) is 14.0 Å². The molecule has 1 aliphatic heterocycles. The van der Waals surface area contributed by atoms with Crippen molar-refractivity contribution in [3.63, 3.8) is 0 Å². The molecule has 0 radical (unpaired) electrons. The highest BCUT2D eigenvalue weighted by Gasteiger charge is 2.56. The maximum atomic E-state index is 15.2. The molecule has 0 aliphatic carbocycles. The summed E-state index contributed by atoms with van der Waals surface area (Å²) >= 11 is 0. The molecule has 0 unspecified atom stereocenters. The molecule has 26 heavy (non-hydrogen) atoms. The number of halogens is 1. The summed E-state index contributed by atoms with van der Waals surface area (Å²) in [7, 11) is 1.43. The first-order chi connectivity index (χ1) is 12.6. The van der Waals surface area contributed by atoms with Crippen LogP contribution in [0.3, 0.4) is 0 Å². The summed E-state index contributed by atoms with van der Waals surface area (Å²) in [6.07, 6.45) is -2.29. The molecule has 1 saturated heterocycles. The molecule has 0 aromatic heterocycles. The Kier molecular flexibility index (Phi) is 6.38. The average molecular weight is 360 g/mol. The van der Waals surface area contributed by atoms with Crippen LogP contribution in [0.2, 0.25) is 0 Å². The van der Waals surface area contributed by atoms with Gasteiger partial charge in [-0.25, -0.2) is 4.39 Å². The average Bonchev–Trinajstić information content (AvgIpc) is 2.91. The molecule has 1 aliphatic rings. The van der Waals surface area contributed by atoms with Crippen molar-refractivity contribution in [2.75, 3.05) is 13.7 Å². The molecular formula is C21H25FO4. The van der Waals surface area contributed by atoms with E-state index in [2.05, 4.69) is 0 Å². The molecule has 0 amide bonds. The van der Waals surface area contributed by atoms with Crippen LogP contribution in [-0.2, 0) is 32.2 Å². The maximum Gasteiger partial charge on any atom is 0.194 e. The molecule has 0 spiro atoms. The Balaban J connectivity index is 1.61. The van der Waals surface area contributed by atoms with Crippen molar-refractivity contribution in [1.82, 2.24) is 0 Å². The molecule has 140 valence electrons. The largest absolute Gasteiger partial charge is 0.374 e. The van der Waals surface area contributed by atoms with Crippen LogP contribution in [0.4, 0.5) is 4.39 Å². The van der Waals surface area contributed by atoms with E-state index in [1.807, 2.05) is 60.7 Å². The summed E-state index contributed by atoms with van der Waals surface area (Å²) < 4.78 is 37.7. The Labute approximate surface area is 153 Å². The Bertz CT molecular complexity index is 662. The topological polar surface area (TPSA) is 36.9 Å². The third kappa shape index (κ3) is 4.48. The standard InChI is InChI=1S/C21H25FO4/c1-21(22)19(25-14-17-11-7-4-8-12-17)18(26-20(21)23-2)15-24-13-16-9-5-3-6-10-16/h3-12,18-20H,13-15H2,1-2H3/t18-,19-,20-,21-/m1/s1. The van der Waals surface area contributed by atoms with E-state index in [0.29, 0.717) is 13.2 Å².